The molecule has 0 saturated heterocycles. The first-order valence-electron chi connectivity index (χ1n) is 5.91. The van der Waals surface area contributed by atoms with E-state index >= 15 is 0 Å². The molecule has 7 nitrogen and oxygen atoms in total. The molecule has 0 radical (unpaired) electrons. The molecule has 0 unspecified atom stereocenters. The van der Waals surface area contributed by atoms with Crippen molar-refractivity contribution in [2.24, 2.45) is 0 Å². The van der Waals surface area contributed by atoms with Gasteiger partial charge in [0.05, 0.1) is 12.1 Å². The summed E-state index contributed by atoms with van der Waals surface area (Å²) in [5.41, 5.74) is -0.724. The molecule has 7 heteroatoms. The normalized spacial score (nSPS) is 11.0. The Labute approximate surface area is 116 Å². The Morgan fingerprint density at radius 1 is 1.35 bits per heavy atom. The molecule has 0 fully saturated rings. The van der Waals surface area contributed by atoms with E-state index < -0.39 is 23.3 Å². The molecule has 0 bridgehead atoms. The Morgan fingerprint density at radius 2 is 1.95 bits per heavy atom. The quantitative estimate of drug-likeness (QED) is 0.666. The number of carbonyl (C=O) groups is 2. The van der Waals surface area contributed by atoms with Gasteiger partial charge < -0.3 is 25.5 Å². The molecule has 0 spiro atoms. The maximum atomic E-state index is 12.0. The zero-order valence-corrected chi connectivity index (χ0v) is 11.5. The lowest BCUT2D eigenvalue weighted by Gasteiger charge is -2.33. The summed E-state index contributed by atoms with van der Waals surface area (Å²) in [6.45, 7) is 3.18. The number of benzene rings is 1. The van der Waals surface area contributed by atoms with Crippen molar-refractivity contribution in [2.75, 3.05) is 19.0 Å². The molecule has 2 amide bonds. The van der Waals surface area contributed by atoms with Crippen molar-refractivity contribution in [3.8, 4) is 5.75 Å². The fourth-order valence-electron chi connectivity index (χ4n) is 1.38. The summed E-state index contributed by atoms with van der Waals surface area (Å²) in [5, 5.41) is 30.0. The number of anilines is 1. The molecule has 0 saturated carbocycles. The van der Waals surface area contributed by atoms with Crippen molar-refractivity contribution in [1.29, 1.82) is 0 Å². The maximum Gasteiger partial charge on any atom is 0.339 e. The zero-order valence-electron chi connectivity index (χ0n) is 11.5. The summed E-state index contributed by atoms with van der Waals surface area (Å²) in [4.78, 5) is 24.0. The SMILES string of the molecule is CN(C(=O)Nc1ccc(C(=O)O)c(O)c1)C(C)(C)CO. The van der Waals surface area contributed by atoms with Gasteiger partial charge >= 0.3 is 12.0 Å². The number of nitrogens with zero attached hydrogens (tertiary/aromatic N) is 1. The second-order valence-corrected chi connectivity index (χ2v) is 5.00. The number of carboxylic acid groups (broad SMARTS) is 1. The third-order valence-corrected chi connectivity index (χ3v) is 3.08. The predicted octanol–water partition coefficient (Wildman–Crippen LogP) is 1.32. The standard InChI is InChI=1S/C13H18N2O5/c1-13(2,7-16)15(3)12(20)14-8-4-5-9(11(18)19)10(17)6-8/h4-6,16-17H,7H2,1-3H3,(H,14,20)(H,18,19). The number of hydrogen-bond donors (Lipinski definition) is 4. The highest BCUT2D eigenvalue weighted by Gasteiger charge is 2.26. The number of amides is 2. The first-order valence-corrected chi connectivity index (χ1v) is 5.91. The minimum absolute atomic E-state index is 0.208. The molecule has 20 heavy (non-hydrogen) atoms. The third kappa shape index (κ3) is 3.39. The molecule has 0 aliphatic heterocycles. The van der Waals surface area contributed by atoms with Gasteiger partial charge in [-0.25, -0.2) is 9.59 Å². The lowest BCUT2D eigenvalue weighted by molar-refractivity contribution is 0.0693. The summed E-state index contributed by atoms with van der Waals surface area (Å²) in [5.74, 6) is -1.68. The van der Waals surface area contributed by atoms with Crippen molar-refractivity contribution in [3.63, 3.8) is 0 Å². The second kappa shape index (κ2) is 5.79. The molecule has 1 aromatic rings. The first-order chi connectivity index (χ1) is 9.19. The fraction of sp³-hybridized carbons (Fsp3) is 0.385. The number of phenols is 1. The minimum atomic E-state index is -1.25. The number of hydrogen-bond acceptors (Lipinski definition) is 4. The van der Waals surface area contributed by atoms with Crippen LogP contribution in [-0.4, -0.2) is 51.4 Å². The molecule has 110 valence electrons. The van der Waals surface area contributed by atoms with Crippen LogP contribution in [0.5, 0.6) is 5.75 Å². The van der Waals surface area contributed by atoms with Crippen LogP contribution >= 0.6 is 0 Å². The van der Waals surface area contributed by atoms with Gasteiger partial charge in [0.15, 0.2) is 0 Å². The molecule has 0 aliphatic carbocycles. The van der Waals surface area contributed by atoms with E-state index in [4.69, 9.17) is 5.11 Å². The number of carboxylic acids is 1. The predicted molar refractivity (Wildman–Crippen MR) is 73.0 cm³/mol. The third-order valence-electron chi connectivity index (χ3n) is 3.08. The number of aromatic hydroxyl groups is 1. The summed E-state index contributed by atoms with van der Waals surface area (Å²) in [7, 11) is 1.52. The highest BCUT2D eigenvalue weighted by Crippen LogP contribution is 2.22. The largest absolute Gasteiger partial charge is 0.507 e. The van der Waals surface area contributed by atoms with Gasteiger partial charge in [-0.2, -0.15) is 0 Å². The Balaban J connectivity index is 2.87. The average Bonchev–Trinajstić information content (AvgIpc) is 2.37. The van der Waals surface area contributed by atoms with Gasteiger partial charge in [0.2, 0.25) is 0 Å². The first kappa shape index (κ1) is 15.8. The monoisotopic (exact) mass is 282 g/mol. The van der Waals surface area contributed by atoms with E-state index in [1.54, 1.807) is 13.8 Å². The Hall–Kier alpha value is -2.28. The number of aromatic carboxylic acids is 1. The van der Waals surface area contributed by atoms with Crippen LogP contribution in [0.1, 0.15) is 24.2 Å². The highest BCUT2D eigenvalue weighted by atomic mass is 16.4. The van der Waals surface area contributed by atoms with Gasteiger partial charge in [-0.15, -0.1) is 0 Å². The zero-order chi connectivity index (χ0) is 15.5. The Morgan fingerprint density at radius 3 is 2.40 bits per heavy atom. The van der Waals surface area contributed by atoms with Gasteiger partial charge in [-0.1, -0.05) is 0 Å². The molecule has 1 aromatic carbocycles. The number of rotatable bonds is 4. The van der Waals surface area contributed by atoms with E-state index in [-0.39, 0.29) is 17.9 Å². The Kier molecular flexibility index (Phi) is 4.57. The van der Waals surface area contributed by atoms with Crippen LogP contribution in [0.2, 0.25) is 0 Å². The number of likely N-dealkylation sites (N-methyl/N-ethyl adjacent to an activating group) is 1. The number of aliphatic hydroxyl groups is 1. The minimum Gasteiger partial charge on any atom is -0.507 e. The molecule has 0 aliphatic rings. The van der Waals surface area contributed by atoms with Gasteiger partial charge in [-0.05, 0) is 26.0 Å². The van der Waals surface area contributed by atoms with E-state index in [2.05, 4.69) is 5.32 Å². The average molecular weight is 282 g/mol. The van der Waals surface area contributed by atoms with Crippen molar-refractivity contribution < 1.29 is 24.9 Å². The number of aliphatic hydroxyl groups excluding tert-OH is 1. The number of nitrogens with one attached hydrogen (secondary N) is 1. The van der Waals surface area contributed by atoms with Crippen LogP contribution in [0, 0.1) is 0 Å². The van der Waals surface area contributed by atoms with Crippen molar-refractivity contribution >= 4 is 17.7 Å². The highest BCUT2D eigenvalue weighted by molar-refractivity contribution is 5.94. The van der Waals surface area contributed by atoms with Gasteiger partial charge in [0.1, 0.15) is 11.3 Å². The van der Waals surface area contributed by atoms with Gasteiger partial charge in [0.25, 0.3) is 0 Å². The van der Waals surface area contributed by atoms with Crippen molar-refractivity contribution in [2.45, 2.75) is 19.4 Å². The Bertz CT molecular complexity index is 527. The molecule has 0 heterocycles. The van der Waals surface area contributed by atoms with E-state index in [1.807, 2.05) is 0 Å². The van der Waals surface area contributed by atoms with Crippen LogP contribution in [0.4, 0.5) is 10.5 Å². The molecule has 0 atom stereocenters. The molecular formula is C13H18N2O5. The number of carbonyl (C=O) groups excluding carboxylic acids is 1. The molecule has 4 N–H and O–H groups in total. The van der Waals surface area contributed by atoms with E-state index in [9.17, 15) is 19.8 Å². The van der Waals surface area contributed by atoms with Crippen LogP contribution in [0.25, 0.3) is 0 Å². The van der Waals surface area contributed by atoms with Crippen LogP contribution in [-0.2, 0) is 0 Å². The van der Waals surface area contributed by atoms with Crippen molar-refractivity contribution in [3.05, 3.63) is 23.8 Å². The summed E-state index contributed by atoms with van der Waals surface area (Å²) >= 11 is 0. The maximum absolute atomic E-state index is 12.0. The number of urea groups is 1. The topological polar surface area (TPSA) is 110 Å². The molecule has 1 rings (SSSR count). The lowest BCUT2D eigenvalue weighted by atomic mass is 10.1. The summed E-state index contributed by atoms with van der Waals surface area (Å²) in [6.07, 6.45) is 0. The fourth-order valence-corrected chi connectivity index (χ4v) is 1.38. The summed E-state index contributed by atoms with van der Waals surface area (Å²) < 4.78 is 0. The lowest BCUT2D eigenvalue weighted by Crippen LogP contribution is -2.49. The van der Waals surface area contributed by atoms with E-state index in [0.29, 0.717) is 0 Å². The van der Waals surface area contributed by atoms with Crippen LogP contribution < -0.4 is 5.32 Å². The van der Waals surface area contributed by atoms with Gasteiger partial charge in [-0.3, -0.25) is 0 Å². The van der Waals surface area contributed by atoms with Crippen LogP contribution in [0.3, 0.4) is 0 Å². The second-order valence-electron chi connectivity index (χ2n) is 5.00. The van der Waals surface area contributed by atoms with E-state index in [1.165, 1.54) is 24.1 Å². The smallest absolute Gasteiger partial charge is 0.339 e. The molecular weight excluding hydrogens is 264 g/mol. The van der Waals surface area contributed by atoms with E-state index in [0.717, 1.165) is 6.07 Å². The van der Waals surface area contributed by atoms with Gasteiger partial charge in [0, 0.05) is 18.8 Å². The van der Waals surface area contributed by atoms with Crippen molar-refractivity contribution in [1.82, 2.24) is 4.90 Å². The van der Waals surface area contributed by atoms with Crippen LogP contribution in [0.15, 0.2) is 18.2 Å². The molecule has 0 aromatic heterocycles. The summed E-state index contributed by atoms with van der Waals surface area (Å²) in [6, 6.07) is 3.25.